The quantitative estimate of drug-likeness (QED) is 0.841. The van der Waals surface area contributed by atoms with Crippen LogP contribution in [-0.4, -0.2) is 11.1 Å². The van der Waals surface area contributed by atoms with Crippen molar-refractivity contribution in [2.75, 3.05) is 0 Å². The van der Waals surface area contributed by atoms with E-state index in [0.29, 0.717) is 5.92 Å². The summed E-state index contributed by atoms with van der Waals surface area (Å²) < 4.78 is 0. The van der Waals surface area contributed by atoms with Crippen molar-refractivity contribution >= 4 is 5.97 Å². The van der Waals surface area contributed by atoms with Gasteiger partial charge in [-0.05, 0) is 23.0 Å². The fourth-order valence-electron chi connectivity index (χ4n) is 1.92. The van der Waals surface area contributed by atoms with Crippen molar-refractivity contribution in [3.63, 3.8) is 0 Å². The molecule has 88 valence electrons. The molecule has 0 saturated carbocycles. The second kappa shape index (κ2) is 5.15. The van der Waals surface area contributed by atoms with Crippen molar-refractivity contribution < 1.29 is 9.90 Å². The molecule has 0 aromatic heterocycles. The van der Waals surface area contributed by atoms with Crippen molar-refractivity contribution in [3.8, 4) is 0 Å². The third-order valence-electron chi connectivity index (χ3n) is 2.87. The molecule has 1 rings (SSSR count). The minimum atomic E-state index is -0.740. The fraction of sp³-hybridized carbons (Fsp3) is 0.500. The number of carbonyl (C=O) groups is 1. The maximum atomic E-state index is 11.2. The van der Waals surface area contributed by atoms with Crippen LogP contribution in [0.4, 0.5) is 0 Å². The Morgan fingerprint density at radius 2 is 1.69 bits per heavy atom. The first-order chi connectivity index (χ1) is 7.43. The normalized spacial score (nSPS) is 13.1. The van der Waals surface area contributed by atoms with E-state index < -0.39 is 11.9 Å². The molecular weight excluding hydrogens is 200 g/mol. The number of rotatable bonds is 4. The molecule has 1 aromatic carbocycles. The molecule has 0 radical (unpaired) electrons. The molecule has 2 heteroatoms. The molecule has 16 heavy (non-hydrogen) atoms. The zero-order chi connectivity index (χ0) is 12.3. The van der Waals surface area contributed by atoms with Crippen molar-refractivity contribution in [3.05, 3.63) is 35.4 Å². The van der Waals surface area contributed by atoms with E-state index in [0.717, 1.165) is 5.56 Å². The molecule has 0 aliphatic rings. The summed E-state index contributed by atoms with van der Waals surface area (Å²) in [5.74, 6) is -0.601. The number of carboxylic acid groups (broad SMARTS) is 1. The number of hydrogen-bond donors (Lipinski definition) is 1. The van der Waals surface area contributed by atoms with E-state index in [9.17, 15) is 9.90 Å². The van der Waals surface area contributed by atoms with Gasteiger partial charge < -0.3 is 5.11 Å². The van der Waals surface area contributed by atoms with E-state index in [-0.39, 0.29) is 5.92 Å². The molecule has 0 fully saturated rings. The smallest absolute Gasteiger partial charge is 0.311 e. The summed E-state index contributed by atoms with van der Waals surface area (Å²) in [4.78, 5) is 11.2. The lowest BCUT2D eigenvalue weighted by atomic mass is 9.86. The molecule has 2 nitrogen and oxygen atoms in total. The van der Waals surface area contributed by atoms with Gasteiger partial charge in [-0.1, -0.05) is 52.0 Å². The summed E-state index contributed by atoms with van der Waals surface area (Å²) in [6, 6.07) is 7.92. The second-order valence-corrected chi connectivity index (χ2v) is 4.88. The Morgan fingerprint density at radius 1 is 1.12 bits per heavy atom. The molecule has 0 heterocycles. The van der Waals surface area contributed by atoms with Crippen LogP contribution in [0, 0.1) is 5.92 Å². The molecular formula is C14H20O2. The Bertz CT molecular complexity index is 367. The molecule has 0 amide bonds. The highest BCUT2D eigenvalue weighted by Crippen LogP contribution is 2.27. The second-order valence-electron chi connectivity index (χ2n) is 4.88. The Kier molecular flexibility index (Phi) is 4.11. The van der Waals surface area contributed by atoms with Gasteiger partial charge in [0.25, 0.3) is 0 Å². The van der Waals surface area contributed by atoms with Crippen LogP contribution in [0.2, 0.25) is 0 Å². The molecule has 0 aliphatic heterocycles. The van der Waals surface area contributed by atoms with Gasteiger partial charge in [0.15, 0.2) is 0 Å². The molecule has 1 N–H and O–H groups in total. The van der Waals surface area contributed by atoms with Crippen LogP contribution in [0.25, 0.3) is 0 Å². The van der Waals surface area contributed by atoms with Crippen molar-refractivity contribution in [1.29, 1.82) is 0 Å². The van der Waals surface area contributed by atoms with Gasteiger partial charge in [-0.3, -0.25) is 4.79 Å². The predicted molar refractivity (Wildman–Crippen MR) is 65.7 cm³/mol. The van der Waals surface area contributed by atoms with Crippen LogP contribution < -0.4 is 0 Å². The van der Waals surface area contributed by atoms with Crippen LogP contribution in [0.5, 0.6) is 0 Å². The first-order valence-electron chi connectivity index (χ1n) is 5.76. The van der Waals surface area contributed by atoms with E-state index in [1.165, 1.54) is 5.56 Å². The topological polar surface area (TPSA) is 37.3 Å². The van der Waals surface area contributed by atoms with Crippen LogP contribution in [-0.2, 0) is 4.79 Å². The Hall–Kier alpha value is -1.31. The highest BCUT2D eigenvalue weighted by Gasteiger charge is 2.23. The predicted octanol–water partition coefficient (Wildman–Crippen LogP) is 3.63. The maximum Gasteiger partial charge on any atom is 0.311 e. The Balaban J connectivity index is 3.10. The lowest BCUT2D eigenvalue weighted by Crippen LogP contribution is -2.17. The van der Waals surface area contributed by atoms with Gasteiger partial charge in [-0.15, -0.1) is 0 Å². The largest absolute Gasteiger partial charge is 0.481 e. The van der Waals surface area contributed by atoms with Crippen molar-refractivity contribution in [1.82, 2.24) is 0 Å². The molecule has 1 unspecified atom stereocenters. The number of benzene rings is 1. The minimum Gasteiger partial charge on any atom is -0.481 e. The van der Waals surface area contributed by atoms with Crippen LogP contribution in [0.3, 0.4) is 0 Å². The first-order valence-corrected chi connectivity index (χ1v) is 5.76. The summed E-state index contributed by atoms with van der Waals surface area (Å²) in [6.45, 7) is 8.12. The van der Waals surface area contributed by atoms with Gasteiger partial charge in [0, 0.05) is 0 Å². The van der Waals surface area contributed by atoms with E-state index in [4.69, 9.17) is 0 Å². The SMILES string of the molecule is CC(C)c1cccc(C(C(=O)O)C(C)C)c1. The number of aliphatic carboxylic acids is 1. The van der Waals surface area contributed by atoms with Crippen LogP contribution in [0.15, 0.2) is 24.3 Å². The van der Waals surface area contributed by atoms with Gasteiger partial charge in [-0.25, -0.2) is 0 Å². The van der Waals surface area contributed by atoms with Gasteiger partial charge in [0.05, 0.1) is 5.92 Å². The van der Waals surface area contributed by atoms with Crippen molar-refractivity contribution in [2.45, 2.75) is 39.5 Å². The highest BCUT2D eigenvalue weighted by molar-refractivity contribution is 5.76. The van der Waals surface area contributed by atoms with Gasteiger partial charge in [-0.2, -0.15) is 0 Å². The van der Waals surface area contributed by atoms with Crippen LogP contribution in [0.1, 0.15) is 50.7 Å². The maximum absolute atomic E-state index is 11.2. The summed E-state index contributed by atoms with van der Waals surface area (Å²) in [5.41, 5.74) is 2.11. The summed E-state index contributed by atoms with van der Waals surface area (Å²) >= 11 is 0. The van der Waals surface area contributed by atoms with Gasteiger partial charge >= 0.3 is 5.97 Å². The lowest BCUT2D eigenvalue weighted by molar-refractivity contribution is -0.139. The molecule has 0 saturated heterocycles. The van der Waals surface area contributed by atoms with Crippen molar-refractivity contribution in [2.24, 2.45) is 5.92 Å². The van der Waals surface area contributed by atoms with E-state index in [1.807, 2.05) is 38.1 Å². The van der Waals surface area contributed by atoms with Gasteiger partial charge in [0.2, 0.25) is 0 Å². The van der Waals surface area contributed by atoms with E-state index in [2.05, 4.69) is 13.8 Å². The average molecular weight is 220 g/mol. The van der Waals surface area contributed by atoms with Gasteiger partial charge in [0.1, 0.15) is 0 Å². The minimum absolute atomic E-state index is 0.111. The molecule has 1 atom stereocenters. The molecule has 0 spiro atoms. The van der Waals surface area contributed by atoms with Crippen LogP contribution >= 0.6 is 0 Å². The number of carboxylic acids is 1. The Morgan fingerprint density at radius 3 is 2.12 bits per heavy atom. The summed E-state index contributed by atoms with van der Waals surface area (Å²) in [7, 11) is 0. The summed E-state index contributed by atoms with van der Waals surface area (Å²) in [5, 5.41) is 9.23. The zero-order valence-corrected chi connectivity index (χ0v) is 10.4. The third-order valence-corrected chi connectivity index (χ3v) is 2.87. The molecule has 0 aliphatic carbocycles. The highest BCUT2D eigenvalue weighted by atomic mass is 16.4. The monoisotopic (exact) mass is 220 g/mol. The summed E-state index contributed by atoms with van der Waals surface area (Å²) in [6.07, 6.45) is 0. The lowest BCUT2D eigenvalue weighted by Gasteiger charge is -2.18. The standard InChI is InChI=1S/C14H20O2/c1-9(2)11-6-5-7-12(8-11)13(10(3)4)14(15)16/h5-10,13H,1-4H3,(H,15,16). The molecule has 0 bridgehead atoms. The first kappa shape index (κ1) is 12.8. The third kappa shape index (κ3) is 2.84. The fourth-order valence-corrected chi connectivity index (χ4v) is 1.92. The number of hydrogen-bond acceptors (Lipinski definition) is 1. The zero-order valence-electron chi connectivity index (χ0n) is 10.4. The molecule has 1 aromatic rings. The van der Waals surface area contributed by atoms with E-state index in [1.54, 1.807) is 0 Å². The Labute approximate surface area is 97.3 Å². The van der Waals surface area contributed by atoms with E-state index >= 15 is 0 Å². The average Bonchev–Trinajstić information content (AvgIpc) is 2.16.